The Morgan fingerprint density at radius 2 is 2.21 bits per heavy atom. The smallest absolute Gasteiger partial charge is 0.123 e. The largest absolute Gasteiger partial charge is 0.381 e. The number of ether oxygens (including phenoxy) is 1. The van der Waals surface area contributed by atoms with Gasteiger partial charge in [0.25, 0.3) is 0 Å². The molecular formula is C16H24FNO. The summed E-state index contributed by atoms with van der Waals surface area (Å²) < 4.78 is 18.9. The van der Waals surface area contributed by atoms with Crippen molar-refractivity contribution in [2.45, 2.75) is 38.8 Å². The van der Waals surface area contributed by atoms with E-state index in [0.29, 0.717) is 18.1 Å². The highest BCUT2D eigenvalue weighted by molar-refractivity contribution is 5.17. The zero-order valence-electron chi connectivity index (χ0n) is 12.1. The third kappa shape index (κ3) is 3.77. The maximum Gasteiger partial charge on any atom is 0.123 e. The van der Waals surface area contributed by atoms with Gasteiger partial charge in [0.15, 0.2) is 0 Å². The van der Waals surface area contributed by atoms with Gasteiger partial charge in [0.2, 0.25) is 0 Å². The summed E-state index contributed by atoms with van der Waals surface area (Å²) in [6.45, 7) is 6.58. The highest BCUT2D eigenvalue weighted by atomic mass is 19.1. The van der Waals surface area contributed by atoms with Crippen LogP contribution in [0.2, 0.25) is 0 Å². The number of piperidine rings is 1. The van der Waals surface area contributed by atoms with Crippen LogP contribution in [-0.2, 0) is 11.2 Å². The molecule has 1 aliphatic rings. The second-order valence-electron chi connectivity index (χ2n) is 5.75. The molecule has 0 aromatic heterocycles. The first-order valence-corrected chi connectivity index (χ1v) is 7.11. The number of likely N-dealkylation sites (tertiary alicyclic amines) is 1. The van der Waals surface area contributed by atoms with Gasteiger partial charge in [-0.1, -0.05) is 12.1 Å². The number of methoxy groups -OCH3 is 1. The number of benzene rings is 1. The van der Waals surface area contributed by atoms with Crippen LogP contribution in [0.5, 0.6) is 0 Å². The Kier molecular flexibility index (Phi) is 4.94. The van der Waals surface area contributed by atoms with Crippen LogP contribution >= 0.6 is 0 Å². The monoisotopic (exact) mass is 265 g/mol. The lowest BCUT2D eigenvalue weighted by molar-refractivity contribution is -0.0143. The molecule has 106 valence electrons. The minimum absolute atomic E-state index is 0.150. The predicted molar refractivity (Wildman–Crippen MR) is 75.7 cm³/mol. The van der Waals surface area contributed by atoms with Gasteiger partial charge >= 0.3 is 0 Å². The van der Waals surface area contributed by atoms with Crippen LogP contribution in [0.3, 0.4) is 0 Å². The Bertz CT molecular complexity index is 407. The van der Waals surface area contributed by atoms with Crippen LogP contribution in [0.25, 0.3) is 0 Å². The number of rotatable bonds is 4. The Labute approximate surface area is 115 Å². The zero-order chi connectivity index (χ0) is 13.8. The van der Waals surface area contributed by atoms with Crippen molar-refractivity contribution in [2.24, 2.45) is 5.92 Å². The maximum atomic E-state index is 13.3. The number of nitrogens with zero attached hydrogens (tertiary/aromatic N) is 1. The average Bonchev–Trinajstić information content (AvgIpc) is 2.38. The minimum Gasteiger partial charge on any atom is -0.381 e. The molecule has 1 aromatic carbocycles. The van der Waals surface area contributed by atoms with Gasteiger partial charge in [0.1, 0.15) is 5.82 Å². The van der Waals surface area contributed by atoms with Gasteiger partial charge in [-0.2, -0.15) is 0 Å². The van der Waals surface area contributed by atoms with Crippen molar-refractivity contribution in [1.29, 1.82) is 0 Å². The second-order valence-corrected chi connectivity index (χ2v) is 5.75. The third-order valence-corrected chi connectivity index (χ3v) is 4.12. The van der Waals surface area contributed by atoms with Crippen LogP contribution in [0.4, 0.5) is 4.39 Å². The van der Waals surface area contributed by atoms with Crippen LogP contribution in [-0.4, -0.2) is 37.2 Å². The molecule has 0 aliphatic carbocycles. The van der Waals surface area contributed by atoms with E-state index in [9.17, 15) is 4.39 Å². The van der Waals surface area contributed by atoms with Gasteiger partial charge in [-0.25, -0.2) is 4.39 Å². The molecule has 1 aliphatic heterocycles. The van der Waals surface area contributed by atoms with Crippen molar-refractivity contribution in [3.63, 3.8) is 0 Å². The molecule has 1 aromatic rings. The lowest BCUT2D eigenvalue weighted by Gasteiger charge is -2.40. The fraction of sp³-hybridized carbons (Fsp3) is 0.625. The number of halogens is 1. The first-order chi connectivity index (χ1) is 9.10. The van der Waals surface area contributed by atoms with Crippen LogP contribution in [0.1, 0.15) is 25.8 Å². The van der Waals surface area contributed by atoms with E-state index in [1.54, 1.807) is 19.2 Å². The van der Waals surface area contributed by atoms with Crippen molar-refractivity contribution in [1.82, 2.24) is 4.90 Å². The Morgan fingerprint density at radius 3 is 2.84 bits per heavy atom. The molecule has 0 amide bonds. The van der Waals surface area contributed by atoms with Crippen LogP contribution in [0, 0.1) is 11.7 Å². The van der Waals surface area contributed by atoms with Crippen LogP contribution < -0.4 is 0 Å². The highest BCUT2D eigenvalue weighted by Crippen LogP contribution is 2.25. The third-order valence-electron chi connectivity index (χ3n) is 4.12. The lowest BCUT2D eigenvalue weighted by atomic mass is 9.88. The fourth-order valence-corrected chi connectivity index (χ4v) is 2.98. The summed E-state index contributed by atoms with van der Waals surface area (Å²) >= 11 is 0. The molecule has 0 spiro atoms. The molecular weight excluding hydrogens is 241 g/mol. The average molecular weight is 265 g/mol. The molecule has 0 saturated carbocycles. The van der Waals surface area contributed by atoms with E-state index in [2.05, 4.69) is 18.7 Å². The first-order valence-electron chi connectivity index (χ1n) is 7.11. The van der Waals surface area contributed by atoms with Gasteiger partial charge in [0, 0.05) is 32.2 Å². The van der Waals surface area contributed by atoms with Gasteiger partial charge in [-0.05, 0) is 44.4 Å². The molecule has 2 atom stereocenters. The Balaban J connectivity index is 2.06. The van der Waals surface area contributed by atoms with Crippen molar-refractivity contribution < 1.29 is 9.13 Å². The summed E-state index contributed by atoms with van der Waals surface area (Å²) in [5.74, 6) is 0.297. The molecule has 2 nitrogen and oxygen atoms in total. The minimum atomic E-state index is -0.150. The standard InChI is InChI=1S/C16H24FNO/c1-12(2)18-8-7-16(19-3)14(11-18)9-13-5-4-6-15(17)10-13/h4-6,10,12,14,16H,7-9,11H2,1-3H3/t14-,16-/m1/s1. The zero-order valence-corrected chi connectivity index (χ0v) is 12.1. The molecule has 1 fully saturated rings. The van der Waals surface area contributed by atoms with E-state index in [4.69, 9.17) is 4.74 Å². The summed E-state index contributed by atoms with van der Waals surface area (Å²) in [4.78, 5) is 2.49. The van der Waals surface area contributed by atoms with E-state index < -0.39 is 0 Å². The molecule has 2 rings (SSSR count). The quantitative estimate of drug-likeness (QED) is 0.829. The summed E-state index contributed by atoms with van der Waals surface area (Å²) in [5, 5.41) is 0. The van der Waals surface area contributed by atoms with Crippen molar-refractivity contribution in [3.8, 4) is 0 Å². The fourth-order valence-electron chi connectivity index (χ4n) is 2.98. The van der Waals surface area contributed by atoms with Crippen LogP contribution in [0.15, 0.2) is 24.3 Å². The van der Waals surface area contributed by atoms with Crippen molar-refractivity contribution in [3.05, 3.63) is 35.6 Å². The number of hydrogen-bond acceptors (Lipinski definition) is 2. The predicted octanol–water partition coefficient (Wildman–Crippen LogP) is 3.11. The normalized spacial score (nSPS) is 24.9. The Morgan fingerprint density at radius 1 is 1.42 bits per heavy atom. The van der Waals surface area contributed by atoms with Crippen molar-refractivity contribution >= 4 is 0 Å². The van der Waals surface area contributed by atoms with Crippen molar-refractivity contribution in [2.75, 3.05) is 20.2 Å². The topological polar surface area (TPSA) is 12.5 Å². The molecule has 3 heteroatoms. The molecule has 0 unspecified atom stereocenters. The lowest BCUT2D eigenvalue weighted by Crippen LogP contribution is -2.47. The summed E-state index contributed by atoms with van der Waals surface area (Å²) in [5.41, 5.74) is 1.07. The molecule has 0 bridgehead atoms. The maximum absolute atomic E-state index is 13.3. The van der Waals surface area contributed by atoms with E-state index in [0.717, 1.165) is 31.5 Å². The molecule has 1 saturated heterocycles. The SMILES string of the molecule is CO[C@@H]1CCN(C(C)C)C[C@H]1Cc1cccc(F)c1. The summed E-state index contributed by atoms with van der Waals surface area (Å²) in [7, 11) is 1.79. The van der Waals surface area contributed by atoms with E-state index >= 15 is 0 Å². The summed E-state index contributed by atoms with van der Waals surface area (Å²) in [6.07, 6.45) is 2.24. The van der Waals surface area contributed by atoms with E-state index in [1.165, 1.54) is 6.07 Å². The van der Waals surface area contributed by atoms with Gasteiger partial charge < -0.3 is 9.64 Å². The molecule has 0 radical (unpaired) electrons. The molecule has 0 N–H and O–H groups in total. The molecule has 19 heavy (non-hydrogen) atoms. The first kappa shape index (κ1) is 14.5. The molecule has 1 heterocycles. The van der Waals surface area contributed by atoms with E-state index in [1.807, 2.05) is 6.07 Å². The van der Waals surface area contributed by atoms with E-state index in [-0.39, 0.29) is 5.82 Å². The second kappa shape index (κ2) is 6.49. The highest BCUT2D eigenvalue weighted by Gasteiger charge is 2.30. The number of hydrogen-bond donors (Lipinski definition) is 0. The Hall–Kier alpha value is -0.930. The van der Waals surface area contributed by atoms with Gasteiger partial charge in [-0.15, -0.1) is 0 Å². The van der Waals surface area contributed by atoms with Gasteiger partial charge in [0.05, 0.1) is 6.10 Å². The summed E-state index contributed by atoms with van der Waals surface area (Å²) in [6, 6.07) is 7.49. The van der Waals surface area contributed by atoms with Gasteiger partial charge in [-0.3, -0.25) is 0 Å².